The largest absolute Gasteiger partial charge is 0.464 e. The molecular formula is C16H17FN2O2. The van der Waals surface area contributed by atoms with Gasteiger partial charge >= 0.3 is 0 Å². The number of nitrogens with zero attached hydrogens (tertiary/aromatic N) is 1. The van der Waals surface area contributed by atoms with Gasteiger partial charge in [0, 0.05) is 11.6 Å². The van der Waals surface area contributed by atoms with Crippen LogP contribution in [-0.2, 0) is 6.54 Å². The molecule has 0 atom stereocenters. The standard InChI is InChI=1S/C16H17FN2O2/c1-10-2-6-13(21-10)9-19(12-4-5-12)16(20)11-3-7-15(18)14(17)8-11/h2-3,6-8,12H,4-5,9,18H2,1H3. The Balaban J connectivity index is 1.83. The first kappa shape index (κ1) is 13.7. The second kappa shape index (κ2) is 5.24. The molecule has 1 aromatic carbocycles. The van der Waals surface area contributed by atoms with Crippen LogP contribution >= 0.6 is 0 Å². The van der Waals surface area contributed by atoms with Crippen molar-refractivity contribution in [2.24, 2.45) is 0 Å². The van der Waals surface area contributed by atoms with Crippen LogP contribution in [0.3, 0.4) is 0 Å². The summed E-state index contributed by atoms with van der Waals surface area (Å²) in [4.78, 5) is 14.3. The van der Waals surface area contributed by atoms with Gasteiger partial charge in [0.1, 0.15) is 17.3 Å². The molecule has 5 heteroatoms. The minimum Gasteiger partial charge on any atom is -0.464 e. The summed E-state index contributed by atoms with van der Waals surface area (Å²) in [5, 5.41) is 0. The number of benzene rings is 1. The van der Waals surface area contributed by atoms with Crippen molar-refractivity contribution >= 4 is 11.6 Å². The van der Waals surface area contributed by atoms with Crippen LogP contribution < -0.4 is 5.73 Å². The van der Waals surface area contributed by atoms with Gasteiger partial charge in [-0.15, -0.1) is 0 Å². The fraction of sp³-hybridized carbons (Fsp3) is 0.312. The predicted molar refractivity (Wildman–Crippen MR) is 77.2 cm³/mol. The van der Waals surface area contributed by atoms with Crippen molar-refractivity contribution in [2.75, 3.05) is 5.73 Å². The van der Waals surface area contributed by atoms with Gasteiger partial charge in [-0.2, -0.15) is 0 Å². The van der Waals surface area contributed by atoms with Crippen LogP contribution in [0.5, 0.6) is 0 Å². The molecule has 1 aromatic heterocycles. The molecule has 4 nitrogen and oxygen atoms in total. The average Bonchev–Trinajstić information content (AvgIpc) is 3.21. The Morgan fingerprint density at radius 1 is 1.38 bits per heavy atom. The lowest BCUT2D eigenvalue weighted by molar-refractivity contribution is 0.0716. The first-order chi connectivity index (χ1) is 10.0. The van der Waals surface area contributed by atoms with Crippen molar-refractivity contribution in [1.82, 2.24) is 4.90 Å². The summed E-state index contributed by atoms with van der Waals surface area (Å²) in [7, 11) is 0. The van der Waals surface area contributed by atoms with Gasteiger partial charge in [0.15, 0.2) is 0 Å². The Hall–Kier alpha value is -2.30. The lowest BCUT2D eigenvalue weighted by Gasteiger charge is -2.21. The fourth-order valence-electron chi connectivity index (χ4n) is 2.32. The normalized spacial score (nSPS) is 14.2. The molecule has 3 rings (SSSR count). The monoisotopic (exact) mass is 288 g/mol. The van der Waals surface area contributed by atoms with Crippen molar-refractivity contribution in [3.63, 3.8) is 0 Å². The highest BCUT2D eigenvalue weighted by Gasteiger charge is 2.33. The molecule has 2 N–H and O–H groups in total. The molecule has 1 heterocycles. The summed E-state index contributed by atoms with van der Waals surface area (Å²) in [5.41, 5.74) is 5.81. The maximum absolute atomic E-state index is 13.5. The zero-order valence-corrected chi connectivity index (χ0v) is 11.8. The van der Waals surface area contributed by atoms with E-state index in [4.69, 9.17) is 10.2 Å². The van der Waals surface area contributed by atoms with Crippen molar-refractivity contribution in [3.05, 3.63) is 53.2 Å². The third-order valence-corrected chi connectivity index (χ3v) is 3.62. The van der Waals surface area contributed by atoms with Gasteiger partial charge in [0.2, 0.25) is 0 Å². The number of nitrogen functional groups attached to an aromatic ring is 1. The summed E-state index contributed by atoms with van der Waals surface area (Å²) >= 11 is 0. The maximum atomic E-state index is 13.5. The molecule has 21 heavy (non-hydrogen) atoms. The summed E-state index contributed by atoms with van der Waals surface area (Å²) < 4.78 is 19.1. The predicted octanol–water partition coefficient (Wildman–Crippen LogP) is 3.11. The lowest BCUT2D eigenvalue weighted by atomic mass is 10.1. The van der Waals surface area contributed by atoms with Crippen molar-refractivity contribution in [2.45, 2.75) is 32.4 Å². The number of hydrogen-bond acceptors (Lipinski definition) is 3. The van der Waals surface area contributed by atoms with E-state index in [9.17, 15) is 9.18 Å². The minimum atomic E-state index is -0.564. The zero-order chi connectivity index (χ0) is 15.0. The number of furan rings is 1. The van der Waals surface area contributed by atoms with Crippen molar-refractivity contribution in [1.29, 1.82) is 0 Å². The molecule has 1 aliphatic rings. The molecule has 0 spiro atoms. The Bertz CT molecular complexity index is 677. The molecule has 0 aliphatic heterocycles. The highest BCUT2D eigenvalue weighted by atomic mass is 19.1. The van der Waals surface area contributed by atoms with Gasteiger partial charge in [-0.3, -0.25) is 4.79 Å². The van der Waals surface area contributed by atoms with Crippen molar-refractivity contribution < 1.29 is 13.6 Å². The Kier molecular flexibility index (Phi) is 3.41. The highest BCUT2D eigenvalue weighted by molar-refractivity contribution is 5.95. The van der Waals surface area contributed by atoms with E-state index in [1.807, 2.05) is 19.1 Å². The molecule has 1 amide bonds. The molecule has 0 unspecified atom stereocenters. The maximum Gasteiger partial charge on any atom is 0.254 e. The Labute approximate surface area is 122 Å². The molecule has 1 saturated carbocycles. The number of amides is 1. The third kappa shape index (κ3) is 2.91. The van der Waals surface area contributed by atoms with Gasteiger partial charge in [-0.25, -0.2) is 4.39 Å². The Morgan fingerprint density at radius 2 is 2.14 bits per heavy atom. The van der Waals surface area contributed by atoms with E-state index in [0.29, 0.717) is 12.1 Å². The van der Waals surface area contributed by atoms with Gasteiger partial charge < -0.3 is 15.1 Å². The molecule has 1 fully saturated rings. The van der Waals surface area contributed by atoms with E-state index in [-0.39, 0.29) is 17.6 Å². The topological polar surface area (TPSA) is 59.5 Å². The van der Waals surface area contributed by atoms with E-state index in [1.54, 1.807) is 11.0 Å². The van der Waals surface area contributed by atoms with Crippen LogP contribution in [0.1, 0.15) is 34.7 Å². The number of rotatable bonds is 4. The number of carbonyl (C=O) groups is 1. The molecule has 1 aliphatic carbocycles. The summed E-state index contributed by atoms with van der Waals surface area (Å²) in [6, 6.07) is 8.12. The van der Waals surface area contributed by atoms with Gasteiger partial charge in [-0.1, -0.05) is 0 Å². The van der Waals surface area contributed by atoms with E-state index < -0.39 is 5.82 Å². The van der Waals surface area contributed by atoms with Crippen LogP contribution in [0.15, 0.2) is 34.7 Å². The molecule has 0 saturated heterocycles. The SMILES string of the molecule is Cc1ccc(CN(C(=O)c2ccc(N)c(F)c2)C2CC2)o1. The van der Waals surface area contributed by atoms with Crippen LogP contribution in [-0.4, -0.2) is 16.8 Å². The smallest absolute Gasteiger partial charge is 0.254 e. The van der Waals surface area contributed by atoms with Gasteiger partial charge in [-0.05, 0) is 50.1 Å². The minimum absolute atomic E-state index is 0.0474. The van der Waals surface area contributed by atoms with Crippen LogP contribution in [0.4, 0.5) is 10.1 Å². The van der Waals surface area contributed by atoms with Crippen LogP contribution in [0.25, 0.3) is 0 Å². The van der Waals surface area contributed by atoms with E-state index in [0.717, 1.165) is 24.4 Å². The highest BCUT2D eigenvalue weighted by Crippen LogP contribution is 2.30. The van der Waals surface area contributed by atoms with E-state index in [2.05, 4.69) is 0 Å². The Morgan fingerprint density at radius 3 is 2.71 bits per heavy atom. The number of carbonyl (C=O) groups excluding carboxylic acids is 1. The quantitative estimate of drug-likeness (QED) is 0.879. The summed E-state index contributed by atoms with van der Waals surface area (Å²) in [5.74, 6) is 0.797. The third-order valence-electron chi connectivity index (χ3n) is 3.62. The molecule has 0 radical (unpaired) electrons. The van der Waals surface area contributed by atoms with Gasteiger partial charge in [0.25, 0.3) is 5.91 Å². The number of halogens is 1. The number of nitrogens with two attached hydrogens (primary N) is 1. The summed E-state index contributed by atoms with van der Waals surface area (Å²) in [6.07, 6.45) is 1.95. The molecule has 2 aromatic rings. The first-order valence-electron chi connectivity index (χ1n) is 6.96. The molecular weight excluding hydrogens is 271 g/mol. The summed E-state index contributed by atoms with van der Waals surface area (Å²) in [6.45, 7) is 2.27. The van der Waals surface area contributed by atoms with Gasteiger partial charge in [0.05, 0.1) is 12.2 Å². The number of aryl methyl sites for hydroxylation is 1. The van der Waals surface area contributed by atoms with E-state index >= 15 is 0 Å². The number of anilines is 1. The molecule has 0 bridgehead atoms. The number of hydrogen-bond donors (Lipinski definition) is 1. The van der Waals surface area contributed by atoms with Crippen LogP contribution in [0.2, 0.25) is 0 Å². The zero-order valence-electron chi connectivity index (χ0n) is 11.8. The fourth-order valence-corrected chi connectivity index (χ4v) is 2.32. The van der Waals surface area contributed by atoms with Crippen LogP contribution in [0, 0.1) is 12.7 Å². The second-order valence-electron chi connectivity index (χ2n) is 5.41. The van der Waals surface area contributed by atoms with E-state index in [1.165, 1.54) is 12.1 Å². The lowest BCUT2D eigenvalue weighted by Crippen LogP contribution is -2.32. The second-order valence-corrected chi connectivity index (χ2v) is 5.41. The first-order valence-corrected chi connectivity index (χ1v) is 6.96. The average molecular weight is 288 g/mol. The van der Waals surface area contributed by atoms with Crippen molar-refractivity contribution in [3.8, 4) is 0 Å². The molecule has 110 valence electrons.